The third kappa shape index (κ3) is 27.4. The first-order valence-corrected chi connectivity index (χ1v) is 44.5. The van der Waals surface area contributed by atoms with Gasteiger partial charge in [-0.25, -0.2) is 4.98 Å². The third-order valence-corrected chi connectivity index (χ3v) is 22.1. The molecule has 20 rings (SSSR count). The second-order valence-electron chi connectivity index (χ2n) is 32.8. The van der Waals surface area contributed by atoms with Crippen molar-refractivity contribution in [2.24, 2.45) is 12.0 Å². The maximum absolute atomic E-state index is 12.4. The van der Waals surface area contributed by atoms with E-state index in [4.69, 9.17) is 51.0 Å². The van der Waals surface area contributed by atoms with Crippen LogP contribution in [0.4, 0.5) is 65.9 Å². The Balaban J connectivity index is 0.000000131. The number of fused-ring (bicyclic) bond motifs is 5. The van der Waals surface area contributed by atoms with Crippen molar-refractivity contribution in [2.75, 3.05) is 40.0 Å². The first-order valence-electron chi connectivity index (χ1n) is 44.5. The number of benzene rings is 10. The van der Waals surface area contributed by atoms with Crippen LogP contribution in [-0.2, 0) is 26.8 Å². The van der Waals surface area contributed by atoms with E-state index in [9.17, 15) is 65.9 Å². The molecular formula is C102H83F15N14O16. The Morgan fingerprint density at radius 3 is 1.03 bits per heavy atom. The minimum Gasteiger partial charge on any atom is -0.481 e. The van der Waals surface area contributed by atoms with Gasteiger partial charge >= 0.3 is 31.8 Å². The van der Waals surface area contributed by atoms with Gasteiger partial charge in [0.05, 0.1) is 59.0 Å². The van der Waals surface area contributed by atoms with Gasteiger partial charge in [-0.05, 0) is 284 Å². The summed E-state index contributed by atoms with van der Waals surface area (Å²) in [7, 11) is 3.26. The van der Waals surface area contributed by atoms with Crippen molar-refractivity contribution in [1.82, 2.24) is 65.4 Å². The summed E-state index contributed by atoms with van der Waals surface area (Å²) in [6.07, 6.45) is -10.3. The average molecular weight is 2050 g/mol. The Hall–Kier alpha value is -17.3. The maximum atomic E-state index is 12.4. The number of methoxy groups -OCH3 is 1. The first-order chi connectivity index (χ1) is 70.2. The molecule has 10 aromatic carbocycles. The highest BCUT2D eigenvalue weighted by molar-refractivity contribution is 5.95. The molecule has 18 aromatic rings. The maximum Gasteiger partial charge on any atom is 0.573 e. The number of nitrogens with zero attached hydrogens (tertiary/aromatic N) is 14. The van der Waals surface area contributed by atoms with Gasteiger partial charge in [0.1, 0.15) is 67.5 Å². The van der Waals surface area contributed by atoms with Crippen molar-refractivity contribution in [3.63, 3.8) is 0 Å². The Morgan fingerprint density at radius 2 is 0.735 bits per heavy atom. The predicted octanol–water partition coefficient (Wildman–Crippen LogP) is 25.6. The summed E-state index contributed by atoms with van der Waals surface area (Å²) in [6.45, 7) is 17.0. The van der Waals surface area contributed by atoms with Crippen LogP contribution in [0.2, 0.25) is 0 Å². The molecule has 147 heavy (non-hydrogen) atoms. The van der Waals surface area contributed by atoms with E-state index in [1.54, 1.807) is 114 Å². The SMILES string of the molecule is C=C1CCCN1CCOc1noc2c(C)cc(-c3ccc(OC(F)(F)F)cc3)cc12.COc1ccnc(COc2noc3c(C)cc(-c4ccc(OC(F)(F)F)cc4)cc23)n1.Cc1cc(-c2ccc(OC(F)(F)F)cc2)cc2c(OCC3=NC=CC3)noc12.Cc1cc(-c2ccc(OC(F)(F)F)cc2)cc2c(OCCn3cccn3)noc12.Cc1cc(-c2ccc(OC(F)(F)F)cc2)cc2c(OCc3cn(C)nn3)noc12. The Bertz CT molecular complexity index is 7670. The second-order valence-corrected chi connectivity index (χ2v) is 32.8. The molecule has 2 aliphatic heterocycles. The molecule has 10 heterocycles. The van der Waals surface area contributed by atoms with Crippen LogP contribution in [0.5, 0.6) is 64.0 Å². The molecule has 2 aliphatic rings. The molecule has 0 spiro atoms. The molecule has 1 saturated heterocycles. The summed E-state index contributed by atoms with van der Waals surface area (Å²) in [5.74, 6) is 1.10. The lowest BCUT2D eigenvalue weighted by atomic mass is 10.0. The molecule has 0 unspecified atom stereocenters. The quantitative estimate of drug-likeness (QED) is 0.0411. The van der Waals surface area contributed by atoms with Gasteiger partial charge in [0.2, 0.25) is 5.88 Å². The molecule has 0 amide bonds. The molecule has 30 nitrogen and oxygen atoms in total. The molecule has 0 N–H and O–H groups in total. The number of likely N-dealkylation sites (tertiary alicyclic amines) is 1. The first kappa shape index (κ1) is 103. The summed E-state index contributed by atoms with van der Waals surface area (Å²) < 4.78 is 269. The molecule has 45 heteroatoms. The normalized spacial score (nSPS) is 12.7. The van der Waals surface area contributed by atoms with E-state index in [0.29, 0.717) is 128 Å². The topological polar surface area (TPSA) is 322 Å². The number of allylic oxidation sites excluding steroid dienone is 2. The van der Waals surface area contributed by atoms with Crippen molar-refractivity contribution < 1.29 is 141 Å². The second kappa shape index (κ2) is 44.3. The number of alkyl halides is 15. The minimum atomic E-state index is -4.74. The van der Waals surface area contributed by atoms with Gasteiger partial charge in [-0.1, -0.05) is 78.5 Å². The third-order valence-electron chi connectivity index (χ3n) is 22.1. The molecule has 0 atom stereocenters. The zero-order valence-electron chi connectivity index (χ0n) is 78.4. The van der Waals surface area contributed by atoms with E-state index in [1.165, 1.54) is 67.8 Å². The molecule has 1 fully saturated rings. The zero-order valence-corrected chi connectivity index (χ0v) is 78.4. The number of halogens is 15. The van der Waals surface area contributed by atoms with Gasteiger partial charge in [0.25, 0.3) is 29.4 Å². The Kier molecular flexibility index (Phi) is 30.9. The van der Waals surface area contributed by atoms with Crippen LogP contribution >= 0.6 is 0 Å². The van der Waals surface area contributed by atoms with E-state index >= 15 is 0 Å². The van der Waals surface area contributed by atoms with Gasteiger partial charge in [0.15, 0.2) is 33.7 Å². The highest BCUT2D eigenvalue weighted by atomic mass is 19.4. The monoisotopic (exact) mass is 2040 g/mol. The van der Waals surface area contributed by atoms with Gasteiger partial charge < -0.3 is 79.6 Å². The number of aryl methyl sites for hydroxylation is 6. The number of hydrogen-bond acceptors (Lipinski definition) is 28. The Labute approximate surface area is 822 Å². The molecule has 0 bridgehead atoms. The molecule has 0 aliphatic carbocycles. The van der Waals surface area contributed by atoms with E-state index in [0.717, 1.165) is 121 Å². The lowest BCUT2D eigenvalue weighted by Crippen LogP contribution is -2.23. The van der Waals surface area contributed by atoms with Crippen LogP contribution in [0.15, 0.2) is 271 Å². The molecule has 762 valence electrons. The molecule has 0 saturated carbocycles. The molecule has 8 aromatic heterocycles. The van der Waals surface area contributed by atoms with Crippen LogP contribution in [0.1, 0.15) is 58.6 Å². The lowest BCUT2D eigenvalue weighted by molar-refractivity contribution is -0.275. The number of aliphatic imine (C=N–C) groups is 1. The van der Waals surface area contributed by atoms with Crippen molar-refractivity contribution in [2.45, 2.75) is 105 Å². The van der Waals surface area contributed by atoms with Gasteiger partial charge in [-0.15, -0.1) is 71.0 Å². The lowest BCUT2D eigenvalue weighted by Gasteiger charge is -2.18. The smallest absolute Gasteiger partial charge is 0.481 e. The van der Waals surface area contributed by atoms with Crippen LogP contribution in [0, 0.1) is 34.6 Å². The summed E-state index contributed by atoms with van der Waals surface area (Å²) in [5.41, 5.74) is 17.3. The number of rotatable bonds is 28. The summed E-state index contributed by atoms with van der Waals surface area (Å²) in [4.78, 5) is 14.7. The van der Waals surface area contributed by atoms with Gasteiger partial charge in [-0.2, -0.15) is 10.1 Å². The summed E-state index contributed by atoms with van der Waals surface area (Å²) in [5, 5.41) is 35.2. The predicted molar refractivity (Wildman–Crippen MR) is 502 cm³/mol. The van der Waals surface area contributed by atoms with E-state index < -0.39 is 31.8 Å². The van der Waals surface area contributed by atoms with Crippen LogP contribution in [-0.4, -0.2) is 143 Å². The average Bonchev–Trinajstić information content (AvgIpc) is 1.67. The van der Waals surface area contributed by atoms with Gasteiger partial charge in [-0.3, -0.25) is 14.4 Å². The number of aromatic nitrogens is 12. The summed E-state index contributed by atoms with van der Waals surface area (Å²) >= 11 is 0. The van der Waals surface area contributed by atoms with Crippen molar-refractivity contribution in [1.29, 1.82) is 0 Å². The van der Waals surface area contributed by atoms with Crippen molar-refractivity contribution in [3.8, 4) is 120 Å². The van der Waals surface area contributed by atoms with E-state index in [-0.39, 0.29) is 47.8 Å². The number of ether oxygens (including phenoxy) is 11. The minimum absolute atomic E-state index is 0.0472. The number of hydrogen-bond donors (Lipinski definition) is 0. The fraction of sp³-hybridized carbons (Fsp3) is 0.225. The zero-order chi connectivity index (χ0) is 104. The van der Waals surface area contributed by atoms with E-state index in [1.807, 2.05) is 108 Å². The summed E-state index contributed by atoms with van der Waals surface area (Å²) in [6, 6.07) is 50.3. The largest absolute Gasteiger partial charge is 0.573 e. The van der Waals surface area contributed by atoms with Crippen LogP contribution < -0.4 is 52.1 Å². The van der Waals surface area contributed by atoms with Crippen molar-refractivity contribution >= 4 is 60.6 Å². The highest BCUT2D eigenvalue weighted by Crippen LogP contribution is 2.43. The van der Waals surface area contributed by atoms with Crippen molar-refractivity contribution in [3.05, 3.63) is 283 Å². The van der Waals surface area contributed by atoms with Crippen LogP contribution in [0.25, 0.3) is 110 Å². The van der Waals surface area contributed by atoms with Crippen LogP contribution in [0.3, 0.4) is 0 Å². The fourth-order valence-electron chi connectivity index (χ4n) is 15.5. The fourth-order valence-corrected chi connectivity index (χ4v) is 15.5. The molecular weight excluding hydrogens is 1960 g/mol. The van der Waals surface area contributed by atoms with Gasteiger partial charge in [0, 0.05) is 56.6 Å². The Morgan fingerprint density at radius 1 is 0.395 bits per heavy atom. The van der Waals surface area contributed by atoms with E-state index in [2.05, 4.69) is 91.3 Å². The highest BCUT2D eigenvalue weighted by Gasteiger charge is 2.36. The standard InChI is InChI=1S/C22H21F3N2O3.C21H16F3N3O4.C20H16F3N3O3.C20H15F3N2O3.C19H15F3N4O3/c1-14-12-17(16-5-7-18(8-6-16)29-22(23,24)25)13-19-20(14)30-26-21(19)28-11-10-27-9-3-4-15(27)2;1-12-9-14(13-3-5-15(6-4-13)30-21(22,23)24)10-16-19(12)31-27-20(16)29-11-17-25-8-7-18(26-17)28-2;1-13-11-15(14-3-5-16(6-4-14)28-20(21,22)23)12-17-18(13)29-25-19(17)27-10-9-26-8-2-7-24-26;1-12-9-14(13-4-6-16(7-5-13)27-20(21,22)23)10-17-18(12)28-25-19(17)26-11-15-3-2-8-24-15;1-11-7-13(12-3-5-15(6-4-12)28-19(20,21)22)8-16-17(11)29-24-18(16)27-10-14-9-26(2)25-23-14/h5-8,12-13H,2-4,9-11H2,1H3;3-10H,11H2,1-2H3;2-8,11-12H,9-10H2,1H3;2,4-10H,3,11H2,1H3;3-9H,10H2,1-2H3. The molecule has 0 radical (unpaired) electrons.